The summed E-state index contributed by atoms with van der Waals surface area (Å²) in [6, 6.07) is 5.00. The van der Waals surface area contributed by atoms with Crippen molar-refractivity contribution < 1.29 is 13.9 Å². The molecule has 0 spiro atoms. The highest BCUT2D eigenvalue weighted by atomic mass is 19.1. The van der Waals surface area contributed by atoms with Gasteiger partial charge in [0.25, 0.3) is 0 Å². The van der Waals surface area contributed by atoms with Gasteiger partial charge in [0.15, 0.2) is 0 Å². The van der Waals surface area contributed by atoms with Gasteiger partial charge in [-0.25, -0.2) is 9.18 Å². The Balaban J connectivity index is 3.19. The van der Waals surface area contributed by atoms with Crippen LogP contribution in [0, 0.1) is 6.92 Å². The van der Waals surface area contributed by atoms with Crippen LogP contribution in [0.15, 0.2) is 23.2 Å². The lowest BCUT2D eigenvalue weighted by atomic mass is 10.1. The van der Waals surface area contributed by atoms with Crippen LogP contribution >= 0.6 is 0 Å². The molecule has 0 bridgehead atoms. The maximum absolute atomic E-state index is 13.3. The largest absolute Gasteiger partial charge is 0.496 e. The third-order valence-electron chi connectivity index (χ3n) is 1.87. The van der Waals surface area contributed by atoms with Crippen molar-refractivity contribution in [1.82, 2.24) is 0 Å². The molecule has 1 aromatic carbocycles. The molecule has 0 radical (unpaired) electrons. The quantitative estimate of drug-likeness (QED) is 0.421. The Morgan fingerprint density at radius 2 is 2.29 bits per heavy atom. The second kappa shape index (κ2) is 4.53. The van der Waals surface area contributed by atoms with E-state index in [0.717, 1.165) is 5.56 Å². The summed E-state index contributed by atoms with van der Waals surface area (Å²) in [5.41, 5.74) is 1.05. The number of ether oxygens (including phenoxy) is 1. The van der Waals surface area contributed by atoms with E-state index >= 15 is 0 Å². The average molecular weight is 195 g/mol. The van der Waals surface area contributed by atoms with Crippen molar-refractivity contribution in [1.29, 1.82) is 0 Å². The fourth-order valence-corrected chi connectivity index (χ4v) is 1.26. The van der Waals surface area contributed by atoms with Crippen LogP contribution in [0.25, 0.3) is 0 Å². The number of aryl methyl sites for hydroxylation is 1. The number of hydrogen-bond acceptors (Lipinski definition) is 3. The molecule has 74 valence electrons. The monoisotopic (exact) mass is 195 g/mol. The van der Waals surface area contributed by atoms with Crippen molar-refractivity contribution in [3.05, 3.63) is 29.3 Å². The van der Waals surface area contributed by atoms with E-state index < -0.39 is 6.30 Å². The van der Waals surface area contributed by atoms with Crippen LogP contribution in [0.1, 0.15) is 17.4 Å². The molecule has 4 heteroatoms. The van der Waals surface area contributed by atoms with E-state index in [-0.39, 0.29) is 5.56 Å². The van der Waals surface area contributed by atoms with Crippen molar-refractivity contribution in [2.24, 2.45) is 4.99 Å². The number of aliphatic imine (C=N–C) groups is 1. The van der Waals surface area contributed by atoms with Crippen LogP contribution in [0.2, 0.25) is 0 Å². The van der Waals surface area contributed by atoms with Gasteiger partial charge in [-0.3, -0.25) is 0 Å². The molecule has 0 aliphatic heterocycles. The van der Waals surface area contributed by atoms with Gasteiger partial charge >= 0.3 is 0 Å². The van der Waals surface area contributed by atoms with Crippen molar-refractivity contribution in [3.8, 4) is 5.75 Å². The normalized spacial score (nSPS) is 11.6. The van der Waals surface area contributed by atoms with Gasteiger partial charge in [0.2, 0.25) is 12.4 Å². The fourth-order valence-electron chi connectivity index (χ4n) is 1.26. The summed E-state index contributed by atoms with van der Waals surface area (Å²) in [6.07, 6.45) is -0.525. The Morgan fingerprint density at radius 1 is 1.57 bits per heavy atom. The van der Waals surface area contributed by atoms with Gasteiger partial charge in [-0.15, -0.1) is 0 Å². The van der Waals surface area contributed by atoms with Crippen LogP contribution in [0.3, 0.4) is 0 Å². The summed E-state index contributed by atoms with van der Waals surface area (Å²) in [4.78, 5) is 12.9. The number of methoxy groups -OCH3 is 1. The van der Waals surface area contributed by atoms with E-state index in [9.17, 15) is 9.18 Å². The lowest BCUT2D eigenvalue weighted by molar-refractivity contribution is 0.333. The number of hydrogen-bond donors (Lipinski definition) is 0. The first kappa shape index (κ1) is 10.4. The van der Waals surface area contributed by atoms with Gasteiger partial charge in [-0.1, -0.05) is 18.2 Å². The summed E-state index contributed by atoms with van der Waals surface area (Å²) < 4.78 is 18.3. The van der Waals surface area contributed by atoms with E-state index in [1.54, 1.807) is 19.1 Å². The third-order valence-corrected chi connectivity index (χ3v) is 1.87. The van der Waals surface area contributed by atoms with Crippen LogP contribution in [-0.4, -0.2) is 13.2 Å². The second-order valence-corrected chi connectivity index (χ2v) is 2.75. The smallest absolute Gasteiger partial charge is 0.238 e. The van der Waals surface area contributed by atoms with Crippen LogP contribution < -0.4 is 4.74 Å². The Morgan fingerprint density at radius 3 is 2.86 bits per heavy atom. The number of halogens is 1. The number of rotatable bonds is 3. The lowest BCUT2D eigenvalue weighted by Crippen LogP contribution is -1.96. The Bertz CT molecular complexity index is 372. The highest BCUT2D eigenvalue weighted by molar-refractivity contribution is 5.43. The van der Waals surface area contributed by atoms with Crippen molar-refractivity contribution in [2.45, 2.75) is 13.2 Å². The highest BCUT2D eigenvalue weighted by Gasteiger charge is 2.14. The Kier molecular flexibility index (Phi) is 3.37. The number of isocyanates is 1. The summed E-state index contributed by atoms with van der Waals surface area (Å²) in [7, 11) is 1.45. The second-order valence-electron chi connectivity index (χ2n) is 2.75. The van der Waals surface area contributed by atoms with Gasteiger partial charge in [-0.05, 0) is 12.5 Å². The zero-order chi connectivity index (χ0) is 10.6. The lowest BCUT2D eigenvalue weighted by Gasteiger charge is -2.10. The molecular formula is C10H10FNO2. The minimum absolute atomic E-state index is 0.246. The van der Waals surface area contributed by atoms with Crippen molar-refractivity contribution in [3.63, 3.8) is 0 Å². The van der Waals surface area contributed by atoms with Crippen LogP contribution in [-0.2, 0) is 4.79 Å². The fraction of sp³-hybridized carbons (Fsp3) is 0.300. The molecule has 0 aliphatic rings. The molecule has 0 fully saturated rings. The molecule has 0 aromatic heterocycles. The molecule has 1 rings (SSSR count). The number of benzene rings is 1. The van der Waals surface area contributed by atoms with Crippen LogP contribution in [0.4, 0.5) is 4.39 Å². The van der Waals surface area contributed by atoms with Gasteiger partial charge in [0.05, 0.1) is 12.7 Å². The maximum atomic E-state index is 13.3. The van der Waals surface area contributed by atoms with Gasteiger partial charge < -0.3 is 4.74 Å². The molecule has 0 saturated heterocycles. The van der Waals surface area contributed by atoms with E-state index in [4.69, 9.17) is 4.74 Å². The van der Waals surface area contributed by atoms with E-state index in [0.29, 0.717) is 5.75 Å². The number of alkyl halides is 1. The number of para-hydroxylation sites is 1. The molecule has 3 nitrogen and oxygen atoms in total. The first-order valence-corrected chi connectivity index (χ1v) is 4.05. The zero-order valence-electron chi connectivity index (χ0n) is 7.95. The predicted octanol–water partition coefficient (Wildman–Crippen LogP) is 2.31. The minimum atomic E-state index is -1.71. The SMILES string of the molecule is COc1c(C)cccc1C(F)N=C=O. The average Bonchev–Trinajstić information content (AvgIpc) is 2.17. The topological polar surface area (TPSA) is 38.7 Å². The van der Waals surface area contributed by atoms with Gasteiger partial charge in [0.1, 0.15) is 5.75 Å². The number of carbonyl (C=O) groups excluding carboxylic acids is 1. The molecule has 1 aromatic rings. The van der Waals surface area contributed by atoms with Crippen molar-refractivity contribution in [2.75, 3.05) is 7.11 Å². The molecular weight excluding hydrogens is 185 g/mol. The summed E-state index contributed by atoms with van der Waals surface area (Å²) in [5.74, 6) is 0.416. The molecule has 1 unspecified atom stereocenters. The Hall–Kier alpha value is -1.67. The van der Waals surface area contributed by atoms with Crippen molar-refractivity contribution >= 4 is 6.08 Å². The van der Waals surface area contributed by atoms with E-state index in [1.165, 1.54) is 19.3 Å². The first-order valence-electron chi connectivity index (χ1n) is 4.05. The predicted molar refractivity (Wildman–Crippen MR) is 49.7 cm³/mol. The molecule has 0 heterocycles. The molecule has 0 saturated carbocycles. The zero-order valence-corrected chi connectivity index (χ0v) is 7.95. The van der Waals surface area contributed by atoms with E-state index in [1.807, 2.05) is 0 Å². The molecule has 0 amide bonds. The number of nitrogens with zero attached hydrogens (tertiary/aromatic N) is 1. The minimum Gasteiger partial charge on any atom is -0.496 e. The molecule has 0 N–H and O–H groups in total. The summed E-state index contributed by atoms with van der Waals surface area (Å²) in [6.45, 7) is 1.79. The highest BCUT2D eigenvalue weighted by Crippen LogP contribution is 2.30. The van der Waals surface area contributed by atoms with Crippen LogP contribution in [0.5, 0.6) is 5.75 Å². The standard InChI is InChI=1S/C10H10FNO2/c1-7-4-3-5-8(9(7)14-2)10(11)12-6-13/h3-5,10H,1-2H3. The molecule has 14 heavy (non-hydrogen) atoms. The van der Waals surface area contributed by atoms with Gasteiger partial charge in [-0.2, -0.15) is 4.99 Å². The molecule has 1 atom stereocenters. The summed E-state index contributed by atoms with van der Waals surface area (Å²) >= 11 is 0. The van der Waals surface area contributed by atoms with E-state index in [2.05, 4.69) is 4.99 Å². The van der Waals surface area contributed by atoms with Gasteiger partial charge in [0, 0.05) is 0 Å². The third kappa shape index (κ3) is 1.98. The molecule has 0 aliphatic carbocycles. The first-order chi connectivity index (χ1) is 6.70. The summed E-state index contributed by atoms with van der Waals surface area (Å²) in [5, 5.41) is 0. The maximum Gasteiger partial charge on any atom is 0.238 e. The Labute approximate surface area is 81.2 Å².